The number of rotatable bonds is 6. The minimum Gasteiger partial charge on any atom is -0.453 e. The highest BCUT2D eigenvalue weighted by atomic mass is 16.5. The highest BCUT2D eigenvalue weighted by molar-refractivity contribution is 5.98. The minimum absolute atomic E-state index is 0.0938. The molecule has 2 nitrogen and oxygen atoms in total. The second kappa shape index (κ2) is 7.21. The van der Waals surface area contributed by atoms with Crippen molar-refractivity contribution in [2.45, 2.75) is 52.6 Å². The summed E-state index contributed by atoms with van der Waals surface area (Å²) in [5.41, 5.74) is 3.65. The van der Waals surface area contributed by atoms with Gasteiger partial charge in [-0.3, -0.25) is 4.79 Å². The Labute approximate surface area is 144 Å². The van der Waals surface area contributed by atoms with Crippen LogP contribution in [0, 0.1) is 5.92 Å². The summed E-state index contributed by atoms with van der Waals surface area (Å²) in [7, 11) is 0. The van der Waals surface area contributed by atoms with Crippen LogP contribution in [0.1, 0.15) is 63.7 Å². The van der Waals surface area contributed by atoms with Crippen molar-refractivity contribution in [2.75, 3.05) is 0 Å². The third-order valence-corrected chi connectivity index (χ3v) is 4.74. The van der Waals surface area contributed by atoms with E-state index in [0.717, 1.165) is 24.8 Å². The van der Waals surface area contributed by atoms with Gasteiger partial charge in [0.2, 0.25) is 0 Å². The van der Waals surface area contributed by atoms with Gasteiger partial charge in [-0.25, -0.2) is 0 Å². The van der Waals surface area contributed by atoms with E-state index in [2.05, 4.69) is 57.2 Å². The zero-order valence-corrected chi connectivity index (χ0v) is 14.8. The first-order chi connectivity index (χ1) is 11.6. The predicted octanol–water partition coefficient (Wildman–Crippen LogP) is 6.06. The van der Waals surface area contributed by atoms with Crippen LogP contribution < -0.4 is 0 Å². The highest BCUT2D eigenvalue weighted by Gasteiger charge is 2.24. The summed E-state index contributed by atoms with van der Waals surface area (Å²) in [5.74, 6) is 0.531. The van der Waals surface area contributed by atoms with Crippen LogP contribution in [0.4, 0.5) is 0 Å². The van der Waals surface area contributed by atoms with E-state index >= 15 is 0 Å². The molecule has 3 rings (SSSR count). The smallest absolute Gasteiger partial charge is 0.306 e. The molecule has 0 aromatic heterocycles. The van der Waals surface area contributed by atoms with E-state index in [1.165, 1.54) is 21.9 Å². The van der Waals surface area contributed by atoms with Gasteiger partial charge in [-0.2, -0.15) is 0 Å². The zero-order valence-electron chi connectivity index (χ0n) is 14.8. The number of ether oxygens (including phenoxy) is 1. The van der Waals surface area contributed by atoms with Crippen molar-refractivity contribution in [2.24, 2.45) is 5.92 Å². The molecule has 126 valence electrons. The predicted molar refractivity (Wildman–Crippen MR) is 99.7 cm³/mol. The lowest BCUT2D eigenvalue weighted by Crippen LogP contribution is -2.13. The van der Waals surface area contributed by atoms with Gasteiger partial charge in [-0.05, 0) is 46.7 Å². The van der Waals surface area contributed by atoms with Gasteiger partial charge < -0.3 is 4.74 Å². The van der Waals surface area contributed by atoms with Crippen molar-refractivity contribution in [3.63, 3.8) is 0 Å². The number of esters is 1. The first-order valence-electron chi connectivity index (χ1n) is 9.02. The Kier molecular flexibility index (Phi) is 5.03. The van der Waals surface area contributed by atoms with Gasteiger partial charge in [0.1, 0.15) is 6.10 Å². The Bertz CT molecular complexity index is 765. The van der Waals surface area contributed by atoms with Crippen LogP contribution >= 0.6 is 0 Å². The summed E-state index contributed by atoms with van der Waals surface area (Å²) in [6.07, 6.45) is 5.27. The maximum atomic E-state index is 12.3. The largest absolute Gasteiger partial charge is 0.453 e. The van der Waals surface area contributed by atoms with Gasteiger partial charge in [0.05, 0.1) is 0 Å². The van der Waals surface area contributed by atoms with Crippen LogP contribution in [0.25, 0.3) is 16.3 Å². The Hall–Kier alpha value is -2.09. The van der Waals surface area contributed by atoms with Crippen molar-refractivity contribution in [1.29, 1.82) is 0 Å². The van der Waals surface area contributed by atoms with Gasteiger partial charge >= 0.3 is 5.97 Å². The molecular formula is C22H26O2. The molecule has 2 aromatic carbocycles. The number of carbonyl (C=O) groups excluding carboxylic acids is 1. The Balaban J connectivity index is 1.86. The van der Waals surface area contributed by atoms with Gasteiger partial charge in [0.25, 0.3) is 0 Å². The molecule has 0 radical (unpaired) electrons. The summed E-state index contributed by atoms with van der Waals surface area (Å²) in [4.78, 5) is 12.3. The van der Waals surface area contributed by atoms with Crippen LogP contribution in [0.2, 0.25) is 0 Å². The van der Waals surface area contributed by atoms with Gasteiger partial charge in [0, 0.05) is 12.0 Å². The third kappa shape index (κ3) is 3.38. The van der Waals surface area contributed by atoms with Crippen molar-refractivity contribution in [1.82, 2.24) is 0 Å². The van der Waals surface area contributed by atoms with E-state index in [4.69, 9.17) is 4.74 Å². The maximum absolute atomic E-state index is 12.3. The fourth-order valence-electron chi connectivity index (χ4n) is 3.50. The summed E-state index contributed by atoms with van der Waals surface area (Å²) < 4.78 is 5.84. The van der Waals surface area contributed by atoms with Crippen LogP contribution in [0.15, 0.2) is 42.5 Å². The Morgan fingerprint density at radius 2 is 1.92 bits per heavy atom. The second-order valence-electron chi connectivity index (χ2n) is 6.99. The monoisotopic (exact) mass is 322 g/mol. The van der Waals surface area contributed by atoms with E-state index in [0.29, 0.717) is 12.3 Å². The van der Waals surface area contributed by atoms with Gasteiger partial charge in [-0.1, -0.05) is 63.6 Å². The molecule has 0 amide bonds. The lowest BCUT2D eigenvalue weighted by Gasteiger charge is -2.25. The van der Waals surface area contributed by atoms with Gasteiger partial charge in [0.15, 0.2) is 0 Å². The lowest BCUT2D eigenvalue weighted by atomic mass is 9.86. The molecule has 0 spiro atoms. The van der Waals surface area contributed by atoms with Crippen LogP contribution in [0.5, 0.6) is 0 Å². The molecular weight excluding hydrogens is 296 g/mol. The van der Waals surface area contributed by atoms with Crippen molar-refractivity contribution < 1.29 is 9.53 Å². The van der Waals surface area contributed by atoms with Crippen molar-refractivity contribution in [3.8, 4) is 0 Å². The van der Waals surface area contributed by atoms with E-state index < -0.39 is 0 Å². The maximum Gasteiger partial charge on any atom is 0.306 e. The Morgan fingerprint density at radius 1 is 1.17 bits per heavy atom. The molecule has 1 aliphatic rings. The van der Waals surface area contributed by atoms with E-state index in [9.17, 15) is 4.79 Å². The average Bonchev–Trinajstić information content (AvgIpc) is 2.57. The van der Waals surface area contributed by atoms with Crippen molar-refractivity contribution >= 4 is 22.3 Å². The first-order valence-corrected chi connectivity index (χ1v) is 9.02. The molecule has 0 saturated heterocycles. The third-order valence-electron chi connectivity index (χ3n) is 4.74. The summed E-state index contributed by atoms with van der Waals surface area (Å²) >= 11 is 0. The summed E-state index contributed by atoms with van der Waals surface area (Å²) in [5, 5.41) is 2.45. The number of hydrogen-bond donors (Lipinski definition) is 0. The molecule has 0 bridgehead atoms. The molecule has 24 heavy (non-hydrogen) atoms. The van der Waals surface area contributed by atoms with E-state index in [-0.39, 0.29) is 12.1 Å². The standard InChI is InChI=1S/C22H26O2/c1-4-16-14-20(24-21(23)13-5-8-15(2)3)19-12-7-10-17-9-6-11-18(16)22(17)19/h6-7,9-12,14-15,20H,4-5,8,13H2,1-3H3. The van der Waals surface area contributed by atoms with Crippen LogP contribution in [-0.4, -0.2) is 5.97 Å². The molecule has 1 unspecified atom stereocenters. The molecule has 0 fully saturated rings. The molecule has 0 aliphatic heterocycles. The van der Waals surface area contributed by atoms with Crippen LogP contribution in [-0.2, 0) is 9.53 Å². The first kappa shape index (κ1) is 16.8. The molecule has 0 saturated carbocycles. The molecule has 1 atom stereocenters. The average molecular weight is 322 g/mol. The minimum atomic E-state index is -0.259. The topological polar surface area (TPSA) is 26.3 Å². The van der Waals surface area contributed by atoms with E-state index in [1.807, 2.05) is 6.07 Å². The summed E-state index contributed by atoms with van der Waals surface area (Å²) in [6.45, 7) is 6.51. The number of carbonyl (C=O) groups is 1. The number of allylic oxidation sites excluding steroid dienone is 1. The van der Waals surface area contributed by atoms with Gasteiger partial charge in [-0.15, -0.1) is 0 Å². The molecule has 0 heterocycles. The van der Waals surface area contributed by atoms with Crippen molar-refractivity contribution in [3.05, 3.63) is 53.6 Å². The zero-order chi connectivity index (χ0) is 17.1. The second-order valence-corrected chi connectivity index (χ2v) is 6.99. The Morgan fingerprint density at radius 3 is 2.62 bits per heavy atom. The van der Waals surface area contributed by atoms with E-state index in [1.54, 1.807) is 0 Å². The highest BCUT2D eigenvalue weighted by Crippen LogP contribution is 2.40. The normalized spacial score (nSPS) is 16.3. The number of hydrogen-bond acceptors (Lipinski definition) is 2. The fraction of sp³-hybridized carbons (Fsp3) is 0.409. The number of benzene rings is 2. The van der Waals surface area contributed by atoms with Crippen LogP contribution in [0.3, 0.4) is 0 Å². The molecule has 1 aliphatic carbocycles. The molecule has 0 N–H and O–H groups in total. The quantitative estimate of drug-likeness (QED) is 0.604. The molecule has 2 heteroatoms. The fourth-order valence-corrected chi connectivity index (χ4v) is 3.50. The SMILES string of the molecule is CCC1=CC(OC(=O)CCCC(C)C)c2cccc3cccc1c23. The summed E-state index contributed by atoms with van der Waals surface area (Å²) in [6, 6.07) is 12.7. The lowest BCUT2D eigenvalue weighted by molar-refractivity contribution is -0.147. The molecule has 2 aromatic rings.